The van der Waals surface area contributed by atoms with E-state index in [9.17, 15) is 0 Å². The van der Waals surface area contributed by atoms with Gasteiger partial charge in [0.05, 0.1) is 25.5 Å². The van der Waals surface area contributed by atoms with E-state index in [-0.39, 0.29) is 0 Å². The Morgan fingerprint density at radius 1 is 1.44 bits per heavy atom. The molecule has 2 rings (SSSR count). The van der Waals surface area contributed by atoms with E-state index >= 15 is 0 Å². The highest BCUT2D eigenvalue weighted by Gasteiger charge is 2.12. The molecule has 1 aliphatic heterocycles. The molecular weight excluding hydrogens is 246 g/mol. The molecule has 0 aliphatic carbocycles. The standard InChI is InChI=1S/C13H23N3OS/c1-2-3-4-14-9-12-11-18-13(15-12)10-16-5-7-17-8-6-16/h11,14H,2-10H2,1H3. The van der Waals surface area contributed by atoms with Gasteiger partial charge in [-0.05, 0) is 13.0 Å². The highest BCUT2D eigenvalue weighted by molar-refractivity contribution is 7.09. The summed E-state index contributed by atoms with van der Waals surface area (Å²) in [6.07, 6.45) is 2.48. The van der Waals surface area contributed by atoms with Crippen LogP contribution in [0, 0.1) is 0 Å². The second-order valence-corrected chi connectivity index (χ2v) is 5.59. The number of rotatable bonds is 7. The van der Waals surface area contributed by atoms with Crippen molar-refractivity contribution >= 4 is 11.3 Å². The van der Waals surface area contributed by atoms with Crippen molar-refractivity contribution < 1.29 is 4.74 Å². The van der Waals surface area contributed by atoms with E-state index in [1.807, 2.05) is 0 Å². The second kappa shape index (κ2) is 7.84. The largest absolute Gasteiger partial charge is 0.379 e. The third kappa shape index (κ3) is 4.65. The average Bonchev–Trinajstić information content (AvgIpc) is 2.84. The summed E-state index contributed by atoms with van der Waals surface area (Å²) >= 11 is 1.77. The van der Waals surface area contributed by atoms with Crippen LogP contribution in [0.3, 0.4) is 0 Å². The molecule has 2 heterocycles. The van der Waals surface area contributed by atoms with Crippen LogP contribution in [0.5, 0.6) is 0 Å². The number of hydrogen-bond donors (Lipinski definition) is 1. The molecule has 0 saturated carbocycles. The number of nitrogens with zero attached hydrogens (tertiary/aromatic N) is 2. The first-order chi connectivity index (χ1) is 8.88. The molecule has 0 radical (unpaired) electrons. The van der Waals surface area contributed by atoms with Crippen molar-refractivity contribution in [1.82, 2.24) is 15.2 Å². The monoisotopic (exact) mass is 269 g/mol. The van der Waals surface area contributed by atoms with Gasteiger partial charge in [-0.25, -0.2) is 4.98 Å². The molecule has 1 N–H and O–H groups in total. The molecule has 1 aliphatic rings. The fourth-order valence-corrected chi connectivity index (χ4v) is 2.81. The van der Waals surface area contributed by atoms with Gasteiger partial charge in [0.25, 0.3) is 0 Å². The minimum Gasteiger partial charge on any atom is -0.379 e. The summed E-state index contributed by atoms with van der Waals surface area (Å²) in [5.74, 6) is 0. The lowest BCUT2D eigenvalue weighted by Crippen LogP contribution is -2.35. The van der Waals surface area contributed by atoms with E-state index in [0.717, 1.165) is 45.9 Å². The van der Waals surface area contributed by atoms with Gasteiger partial charge in [-0.1, -0.05) is 13.3 Å². The zero-order valence-corrected chi connectivity index (χ0v) is 12.0. The third-order valence-electron chi connectivity index (χ3n) is 3.08. The number of nitrogens with one attached hydrogen (secondary N) is 1. The van der Waals surface area contributed by atoms with Gasteiger partial charge in [0.1, 0.15) is 5.01 Å². The van der Waals surface area contributed by atoms with Crippen molar-refractivity contribution in [3.63, 3.8) is 0 Å². The fourth-order valence-electron chi connectivity index (χ4n) is 1.97. The number of ether oxygens (including phenoxy) is 1. The molecule has 1 aromatic rings. The zero-order valence-electron chi connectivity index (χ0n) is 11.2. The predicted molar refractivity (Wildman–Crippen MR) is 74.8 cm³/mol. The van der Waals surface area contributed by atoms with Gasteiger partial charge in [-0.3, -0.25) is 4.90 Å². The average molecular weight is 269 g/mol. The third-order valence-corrected chi connectivity index (χ3v) is 3.96. The molecule has 0 atom stereocenters. The molecule has 0 bridgehead atoms. The number of thiazole rings is 1. The van der Waals surface area contributed by atoms with Gasteiger partial charge in [0.2, 0.25) is 0 Å². The van der Waals surface area contributed by atoms with Crippen LogP contribution in [-0.4, -0.2) is 42.7 Å². The predicted octanol–water partition coefficient (Wildman–Crippen LogP) is 1.86. The Bertz CT molecular complexity index is 337. The maximum absolute atomic E-state index is 5.35. The van der Waals surface area contributed by atoms with Crippen molar-refractivity contribution in [3.05, 3.63) is 16.1 Å². The zero-order chi connectivity index (χ0) is 12.6. The summed E-state index contributed by atoms with van der Waals surface area (Å²) in [6.45, 7) is 8.96. The number of hydrogen-bond acceptors (Lipinski definition) is 5. The van der Waals surface area contributed by atoms with Crippen LogP contribution < -0.4 is 5.32 Å². The molecule has 5 heteroatoms. The molecule has 18 heavy (non-hydrogen) atoms. The Morgan fingerprint density at radius 2 is 2.28 bits per heavy atom. The van der Waals surface area contributed by atoms with Crippen LogP contribution in [0.4, 0.5) is 0 Å². The van der Waals surface area contributed by atoms with Gasteiger partial charge < -0.3 is 10.1 Å². The van der Waals surface area contributed by atoms with Crippen molar-refractivity contribution in [2.24, 2.45) is 0 Å². The highest BCUT2D eigenvalue weighted by atomic mass is 32.1. The van der Waals surface area contributed by atoms with Gasteiger partial charge in [-0.15, -0.1) is 11.3 Å². The van der Waals surface area contributed by atoms with Crippen LogP contribution >= 0.6 is 11.3 Å². The fraction of sp³-hybridized carbons (Fsp3) is 0.769. The molecule has 1 fully saturated rings. The van der Waals surface area contributed by atoms with E-state index in [0.29, 0.717) is 0 Å². The smallest absolute Gasteiger partial charge is 0.107 e. The van der Waals surface area contributed by atoms with Crippen molar-refractivity contribution in [2.45, 2.75) is 32.9 Å². The molecule has 0 spiro atoms. The van der Waals surface area contributed by atoms with Crippen LogP contribution in [0.25, 0.3) is 0 Å². The van der Waals surface area contributed by atoms with Gasteiger partial charge in [0.15, 0.2) is 0 Å². The van der Waals surface area contributed by atoms with Gasteiger partial charge >= 0.3 is 0 Å². The maximum Gasteiger partial charge on any atom is 0.107 e. The SMILES string of the molecule is CCCCNCc1csc(CN2CCOCC2)n1. The summed E-state index contributed by atoms with van der Waals surface area (Å²) < 4.78 is 5.35. The van der Waals surface area contributed by atoms with Gasteiger partial charge in [0, 0.05) is 25.0 Å². The summed E-state index contributed by atoms with van der Waals surface area (Å²) in [5.41, 5.74) is 1.18. The van der Waals surface area contributed by atoms with E-state index in [1.165, 1.54) is 23.5 Å². The van der Waals surface area contributed by atoms with Crippen molar-refractivity contribution in [1.29, 1.82) is 0 Å². The molecule has 1 saturated heterocycles. The second-order valence-electron chi connectivity index (χ2n) is 4.65. The van der Waals surface area contributed by atoms with Crippen LogP contribution in [0.15, 0.2) is 5.38 Å². The lowest BCUT2D eigenvalue weighted by atomic mass is 10.3. The molecule has 0 aromatic carbocycles. The molecular formula is C13H23N3OS. The molecule has 102 valence electrons. The topological polar surface area (TPSA) is 37.4 Å². The Balaban J connectivity index is 1.71. The summed E-state index contributed by atoms with van der Waals surface area (Å²) in [5, 5.41) is 6.83. The molecule has 1 aromatic heterocycles. The normalized spacial score (nSPS) is 17.2. The van der Waals surface area contributed by atoms with Gasteiger partial charge in [-0.2, -0.15) is 0 Å². The van der Waals surface area contributed by atoms with Crippen LogP contribution in [0.2, 0.25) is 0 Å². The lowest BCUT2D eigenvalue weighted by Gasteiger charge is -2.25. The molecule has 4 nitrogen and oxygen atoms in total. The van der Waals surface area contributed by atoms with Crippen LogP contribution in [0.1, 0.15) is 30.5 Å². The molecule has 0 unspecified atom stereocenters. The van der Waals surface area contributed by atoms with E-state index in [4.69, 9.17) is 4.74 Å². The minimum absolute atomic E-state index is 0.858. The molecule has 0 amide bonds. The van der Waals surface area contributed by atoms with E-state index < -0.39 is 0 Å². The first kappa shape index (κ1) is 13.9. The quantitative estimate of drug-likeness (QED) is 0.767. The Kier molecular flexibility index (Phi) is 6.07. The number of morpholine rings is 1. The highest BCUT2D eigenvalue weighted by Crippen LogP contribution is 2.13. The van der Waals surface area contributed by atoms with Crippen molar-refractivity contribution in [3.8, 4) is 0 Å². The first-order valence-corrected chi connectivity index (χ1v) is 7.70. The van der Waals surface area contributed by atoms with E-state index in [2.05, 4.69) is 27.5 Å². The number of aromatic nitrogens is 1. The minimum atomic E-state index is 0.858. The lowest BCUT2D eigenvalue weighted by molar-refractivity contribution is 0.0341. The van der Waals surface area contributed by atoms with E-state index in [1.54, 1.807) is 11.3 Å². The number of unbranched alkanes of at least 4 members (excludes halogenated alkanes) is 1. The Labute approximate surface area is 113 Å². The Morgan fingerprint density at radius 3 is 3.06 bits per heavy atom. The summed E-state index contributed by atoms with van der Waals surface area (Å²) in [6, 6.07) is 0. The maximum atomic E-state index is 5.35. The van der Waals surface area contributed by atoms with Crippen LogP contribution in [-0.2, 0) is 17.8 Å². The Hall–Kier alpha value is -0.490. The van der Waals surface area contributed by atoms with Crippen molar-refractivity contribution in [2.75, 3.05) is 32.8 Å². The summed E-state index contributed by atoms with van der Waals surface area (Å²) in [7, 11) is 0. The summed E-state index contributed by atoms with van der Waals surface area (Å²) in [4.78, 5) is 7.09. The first-order valence-electron chi connectivity index (χ1n) is 6.82.